The number of aliphatic hydroxyl groups excluding tert-OH is 1. The number of benzene rings is 1. The topological polar surface area (TPSA) is 161 Å². The Hall–Kier alpha value is -3.63. The van der Waals surface area contributed by atoms with E-state index in [1.165, 1.54) is 16.0 Å². The molecule has 0 aliphatic carbocycles. The number of amides is 2. The summed E-state index contributed by atoms with van der Waals surface area (Å²) in [6.07, 6.45) is 5.78. The van der Waals surface area contributed by atoms with Gasteiger partial charge in [0, 0.05) is 42.9 Å². The second kappa shape index (κ2) is 11.7. The van der Waals surface area contributed by atoms with Gasteiger partial charge in [0.1, 0.15) is 5.84 Å². The average Bonchev–Trinajstić information content (AvgIpc) is 3.19. The minimum atomic E-state index is -0.515. The molecule has 188 valence electrons. The number of hydrogen-bond acceptors (Lipinski definition) is 8. The predicted molar refractivity (Wildman–Crippen MR) is 136 cm³/mol. The second-order valence-corrected chi connectivity index (χ2v) is 8.49. The molecule has 1 atom stereocenters. The fraction of sp³-hybridized carbons (Fsp3) is 0.400. The Bertz CT molecular complexity index is 1090. The molecule has 7 N–H and O–H groups in total. The van der Waals surface area contributed by atoms with Crippen LogP contribution in [0.2, 0.25) is 0 Å². The molecule has 2 aliphatic heterocycles. The number of hydroxylamine groups is 2. The Morgan fingerprint density at radius 3 is 2.71 bits per heavy atom. The van der Waals surface area contributed by atoms with Gasteiger partial charge in [0.15, 0.2) is 0 Å². The van der Waals surface area contributed by atoms with Gasteiger partial charge < -0.3 is 27.2 Å². The maximum Gasteiger partial charge on any atom is 0.273 e. The van der Waals surface area contributed by atoms with Crippen molar-refractivity contribution in [3.8, 4) is 0 Å². The molecule has 10 heteroatoms. The first-order chi connectivity index (χ1) is 16.7. The van der Waals surface area contributed by atoms with E-state index in [1.807, 2.05) is 19.9 Å². The van der Waals surface area contributed by atoms with Crippen molar-refractivity contribution < 1.29 is 19.5 Å². The van der Waals surface area contributed by atoms with E-state index in [-0.39, 0.29) is 30.5 Å². The summed E-state index contributed by atoms with van der Waals surface area (Å²) in [6, 6.07) is 5.39. The van der Waals surface area contributed by atoms with Gasteiger partial charge in [0.05, 0.1) is 24.1 Å². The number of nitrogens with two attached hydrogens (primary N) is 3. The average molecular weight is 483 g/mol. The van der Waals surface area contributed by atoms with Gasteiger partial charge in [-0.1, -0.05) is 19.1 Å². The summed E-state index contributed by atoms with van der Waals surface area (Å²) in [4.78, 5) is 36.9. The molecular formula is C25H34N6O4. The van der Waals surface area contributed by atoms with Crippen molar-refractivity contribution in [2.75, 3.05) is 26.2 Å². The molecule has 2 amide bonds. The molecule has 2 aliphatic rings. The quantitative estimate of drug-likeness (QED) is 0.247. The largest absolute Gasteiger partial charge is 0.398 e. The first-order valence-corrected chi connectivity index (χ1v) is 11.8. The van der Waals surface area contributed by atoms with E-state index in [2.05, 4.69) is 4.99 Å². The first kappa shape index (κ1) is 26.0. The summed E-state index contributed by atoms with van der Waals surface area (Å²) < 4.78 is 0. The fourth-order valence-corrected chi connectivity index (χ4v) is 3.91. The third kappa shape index (κ3) is 6.49. The number of nitrogens with zero attached hydrogens (tertiary/aromatic N) is 3. The molecule has 0 saturated carbocycles. The highest BCUT2D eigenvalue weighted by Crippen LogP contribution is 2.29. The van der Waals surface area contributed by atoms with Crippen LogP contribution in [-0.4, -0.2) is 65.1 Å². The number of likely N-dealkylation sites (tertiary alicyclic amines) is 1. The summed E-state index contributed by atoms with van der Waals surface area (Å²) in [5, 5.41) is 11.0. The Morgan fingerprint density at radius 2 is 2.06 bits per heavy atom. The molecule has 3 rings (SSSR count). The van der Waals surface area contributed by atoms with Gasteiger partial charge in [0.2, 0.25) is 0 Å². The highest BCUT2D eigenvalue weighted by Gasteiger charge is 2.25. The van der Waals surface area contributed by atoms with Crippen LogP contribution in [0.25, 0.3) is 11.8 Å². The molecule has 1 saturated heterocycles. The molecule has 0 bridgehead atoms. The summed E-state index contributed by atoms with van der Waals surface area (Å²) in [6.45, 7) is 5.41. The zero-order chi connectivity index (χ0) is 25.5. The monoisotopic (exact) mass is 482 g/mol. The Labute approximate surface area is 205 Å². The lowest BCUT2D eigenvalue weighted by atomic mass is 10.0. The number of aliphatic imine (C=N–C) groups is 1. The van der Waals surface area contributed by atoms with Crippen molar-refractivity contribution in [1.82, 2.24) is 9.96 Å². The van der Waals surface area contributed by atoms with E-state index in [9.17, 15) is 14.7 Å². The summed E-state index contributed by atoms with van der Waals surface area (Å²) in [5.41, 5.74) is 21.2. The molecule has 0 aromatic heterocycles. The first-order valence-electron chi connectivity index (χ1n) is 11.8. The zero-order valence-corrected chi connectivity index (χ0v) is 20.2. The number of fused-ring (bicyclic) bond motifs is 1. The zero-order valence-electron chi connectivity index (χ0n) is 20.2. The van der Waals surface area contributed by atoms with Crippen LogP contribution >= 0.6 is 0 Å². The number of rotatable bonds is 8. The van der Waals surface area contributed by atoms with Gasteiger partial charge in [-0.05, 0) is 49.6 Å². The van der Waals surface area contributed by atoms with Crippen LogP contribution in [0.1, 0.15) is 44.2 Å². The lowest BCUT2D eigenvalue weighted by Crippen LogP contribution is -2.34. The molecule has 35 heavy (non-hydrogen) atoms. The maximum atomic E-state index is 13.0. The maximum absolute atomic E-state index is 13.0. The van der Waals surface area contributed by atoms with Crippen molar-refractivity contribution in [2.24, 2.45) is 22.2 Å². The van der Waals surface area contributed by atoms with E-state index in [0.29, 0.717) is 54.5 Å². The number of aliphatic hydroxyl groups is 1. The summed E-state index contributed by atoms with van der Waals surface area (Å²) in [7, 11) is 0. The molecule has 1 aromatic carbocycles. The number of amidine groups is 1. The third-order valence-corrected chi connectivity index (χ3v) is 5.68. The van der Waals surface area contributed by atoms with Crippen LogP contribution in [0.4, 0.5) is 5.69 Å². The van der Waals surface area contributed by atoms with Gasteiger partial charge in [-0.2, -0.15) is 0 Å². The van der Waals surface area contributed by atoms with Gasteiger partial charge >= 0.3 is 0 Å². The smallest absolute Gasteiger partial charge is 0.273 e. The van der Waals surface area contributed by atoms with Crippen LogP contribution in [0, 0.1) is 0 Å². The molecule has 0 spiro atoms. The number of carbonyl (C=O) groups excluding carboxylic acids is 2. The SMILES string of the molecule is CCCN(OCC)C(=O)C1=Cc2ccc(/C(N)=C/C=C(\N)C(=O)N3CC[C@@H](O)C3)cc2N=C(N)C1. The standard InChI is InChI=1S/C25H34N6O4/c1-3-10-31(35-4-2)24(33)18-12-17-6-5-16(13-22(17)29-23(28)14-18)20(26)7-8-21(27)25(34)30-11-9-19(32)15-30/h5-8,12-13,19,32H,3-4,9-11,14-15,26-27H2,1-2H3,(H2,28,29)/b20-7-,21-8-/t19-/m1/s1. The summed E-state index contributed by atoms with van der Waals surface area (Å²) in [5.74, 6) is -0.270. The molecule has 1 aromatic rings. The molecule has 0 radical (unpaired) electrons. The van der Waals surface area contributed by atoms with Crippen LogP contribution in [-0.2, 0) is 14.4 Å². The normalized spacial score (nSPS) is 18.5. The molecule has 10 nitrogen and oxygen atoms in total. The number of allylic oxidation sites excluding steroid dienone is 2. The van der Waals surface area contributed by atoms with Gasteiger partial charge in [-0.25, -0.2) is 10.1 Å². The highest BCUT2D eigenvalue weighted by atomic mass is 16.7. The van der Waals surface area contributed by atoms with Crippen molar-refractivity contribution in [1.29, 1.82) is 0 Å². The lowest BCUT2D eigenvalue weighted by Gasteiger charge is -2.21. The third-order valence-electron chi connectivity index (χ3n) is 5.68. The van der Waals surface area contributed by atoms with Crippen LogP contribution in [0.5, 0.6) is 0 Å². The molecular weight excluding hydrogens is 448 g/mol. The van der Waals surface area contributed by atoms with Gasteiger partial charge in [0.25, 0.3) is 11.8 Å². The molecule has 0 unspecified atom stereocenters. The Balaban J connectivity index is 1.83. The Morgan fingerprint density at radius 1 is 1.29 bits per heavy atom. The van der Waals surface area contributed by atoms with Crippen molar-refractivity contribution in [3.63, 3.8) is 0 Å². The molecule has 2 heterocycles. The number of carbonyl (C=O) groups is 2. The van der Waals surface area contributed by atoms with Crippen molar-refractivity contribution >= 4 is 35.1 Å². The summed E-state index contributed by atoms with van der Waals surface area (Å²) >= 11 is 0. The van der Waals surface area contributed by atoms with E-state index in [0.717, 1.165) is 12.0 Å². The van der Waals surface area contributed by atoms with E-state index >= 15 is 0 Å². The number of β-amino-alcohol motifs (C(OH)–C–C–N with tert-alkyl or cyclic N) is 1. The fourth-order valence-electron chi connectivity index (χ4n) is 3.91. The van der Waals surface area contributed by atoms with Crippen molar-refractivity contribution in [2.45, 2.75) is 39.2 Å². The van der Waals surface area contributed by atoms with Crippen LogP contribution in [0.15, 0.2) is 46.6 Å². The van der Waals surface area contributed by atoms with Gasteiger partial charge in [-0.15, -0.1) is 0 Å². The van der Waals surface area contributed by atoms with Crippen LogP contribution < -0.4 is 17.2 Å². The second-order valence-electron chi connectivity index (χ2n) is 8.49. The molecule has 1 fully saturated rings. The lowest BCUT2D eigenvalue weighted by molar-refractivity contribution is -0.180. The van der Waals surface area contributed by atoms with E-state index in [1.54, 1.807) is 24.3 Å². The van der Waals surface area contributed by atoms with E-state index < -0.39 is 6.10 Å². The number of hydrogen-bond donors (Lipinski definition) is 4. The van der Waals surface area contributed by atoms with Gasteiger partial charge in [-0.3, -0.25) is 14.4 Å². The predicted octanol–water partition coefficient (Wildman–Crippen LogP) is 1.39. The minimum Gasteiger partial charge on any atom is -0.398 e. The van der Waals surface area contributed by atoms with Crippen molar-refractivity contribution in [3.05, 3.63) is 52.7 Å². The van der Waals surface area contributed by atoms with Crippen LogP contribution in [0.3, 0.4) is 0 Å². The minimum absolute atomic E-state index is 0.0381. The highest BCUT2D eigenvalue weighted by molar-refractivity contribution is 6.05. The van der Waals surface area contributed by atoms with E-state index in [4.69, 9.17) is 22.0 Å². The Kier molecular flexibility index (Phi) is 8.67.